The Morgan fingerprint density at radius 3 is 2.29 bits per heavy atom. The van der Waals surface area contributed by atoms with Gasteiger partial charge in [0.1, 0.15) is 0 Å². The molecule has 0 radical (unpaired) electrons. The first-order valence-corrected chi connectivity index (χ1v) is 8.17. The van der Waals surface area contributed by atoms with Crippen molar-refractivity contribution in [2.75, 3.05) is 12.3 Å². The predicted octanol–water partition coefficient (Wildman–Crippen LogP) is 2.37. The lowest BCUT2D eigenvalue weighted by Gasteiger charge is -2.28. The minimum Gasteiger partial charge on any atom is -0.312 e. The fourth-order valence-corrected chi connectivity index (χ4v) is 3.38. The van der Waals surface area contributed by atoms with Crippen LogP contribution < -0.4 is 5.32 Å². The topological polar surface area (TPSA) is 46.2 Å². The molecule has 0 bridgehead atoms. The Kier molecular flexibility index (Phi) is 4.30. The van der Waals surface area contributed by atoms with Crippen molar-refractivity contribution in [3.8, 4) is 0 Å². The van der Waals surface area contributed by atoms with Crippen molar-refractivity contribution in [3.63, 3.8) is 0 Å². The van der Waals surface area contributed by atoms with E-state index in [2.05, 4.69) is 19.2 Å². The lowest BCUT2D eigenvalue weighted by Crippen LogP contribution is -2.42. The minimum absolute atomic E-state index is 0.239. The summed E-state index contributed by atoms with van der Waals surface area (Å²) in [5.74, 6) is 0.239. The second-order valence-corrected chi connectivity index (χ2v) is 9.68. The normalized spacial score (nSPS) is 25.1. The van der Waals surface area contributed by atoms with Crippen LogP contribution in [0.25, 0.3) is 0 Å². The van der Waals surface area contributed by atoms with Gasteiger partial charge in [-0.25, -0.2) is 8.42 Å². The molecular formula is C13H27NO2S. The monoisotopic (exact) mass is 261 g/mol. The molecule has 1 rings (SSSR count). The first-order chi connectivity index (χ1) is 7.56. The molecule has 0 aromatic carbocycles. The molecule has 17 heavy (non-hydrogen) atoms. The average molecular weight is 261 g/mol. The smallest absolute Gasteiger partial charge is 0.156 e. The van der Waals surface area contributed by atoms with Crippen molar-refractivity contribution >= 4 is 9.84 Å². The standard InChI is InChI=1S/C13H27NO2S/c1-12(2,3)17(15,16)10-9-14-11-7-6-8-13(11,4)5/h11,14H,6-10H2,1-5H3. The highest BCUT2D eigenvalue weighted by molar-refractivity contribution is 7.92. The minimum atomic E-state index is -2.99. The lowest BCUT2D eigenvalue weighted by atomic mass is 9.87. The molecule has 1 aliphatic carbocycles. The van der Waals surface area contributed by atoms with Gasteiger partial charge in [-0.15, -0.1) is 0 Å². The summed E-state index contributed by atoms with van der Waals surface area (Å²) in [6, 6.07) is 0.470. The molecule has 102 valence electrons. The lowest BCUT2D eigenvalue weighted by molar-refractivity contribution is 0.288. The highest BCUT2D eigenvalue weighted by Crippen LogP contribution is 2.37. The van der Waals surface area contributed by atoms with Crippen molar-refractivity contribution in [1.82, 2.24) is 5.32 Å². The first kappa shape index (κ1) is 15.0. The molecule has 0 aromatic heterocycles. The van der Waals surface area contributed by atoms with Gasteiger partial charge in [-0.1, -0.05) is 20.3 Å². The van der Waals surface area contributed by atoms with Crippen molar-refractivity contribution in [1.29, 1.82) is 0 Å². The Morgan fingerprint density at radius 2 is 1.88 bits per heavy atom. The van der Waals surface area contributed by atoms with Crippen LogP contribution in [0.1, 0.15) is 53.9 Å². The number of sulfone groups is 1. The van der Waals surface area contributed by atoms with Crippen molar-refractivity contribution < 1.29 is 8.42 Å². The van der Waals surface area contributed by atoms with Crippen LogP contribution in [-0.2, 0) is 9.84 Å². The highest BCUT2D eigenvalue weighted by atomic mass is 32.2. The van der Waals surface area contributed by atoms with Crippen LogP contribution in [0.5, 0.6) is 0 Å². The van der Waals surface area contributed by atoms with Gasteiger partial charge in [0.15, 0.2) is 9.84 Å². The summed E-state index contributed by atoms with van der Waals surface area (Å²) in [5.41, 5.74) is 0.311. The van der Waals surface area contributed by atoms with Crippen LogP contribution >= 0.6 is 0 Å². The molecular weight excluding hydrogens is 234 g/mol. The van der Waals surface area contributed by atoms with Gasteiger partial charge in [0.05, 0.1) is 10.5 Å². The van der Waals surface area contributed by atoms with Gasteiger partial charge in [-0.05, 0) is 39.0 Å². The van der Waals surface area contributed by atoms with Gasteiger partial charge in [-0.3, -0.25) is 0 Å². The average Bonchev–Trinajstić information content (AvgIpc) is 2.43. The zero-order valence-electron chi connectivity index (χ0n) is 11.8. The third-order valence-corrected chi connectivity index (χ3v) is 6.56. The molecule has 1 aliphatic rings. The van der Waals surface area contributed by atoms with Gasteiger partial charge < -0.3 is 5.32 Å². The van der Waals surface area contributed by atoms with Crippen LogP contribution in [0.4, 0.5) is 0 Å². The summed E-state index contributed by atoms with van der Waals surface area (Å²) in [6.07, 6.45) is 3.65. The van der Waals surface area contributed by atoms with E-state index in [1.807, 2.05) is 0 Å². The maximum absolute atomic E-state index is 11.9. The molecule has 0 amide bonds. The molecule has 0 aliphatic heterocycles. The van der Waals surface area contributed by atoms with Gasteiger partial charge in [0.25, 0.3) is 0 Å². The number of hydrogen-bond donors (Lipinski definition) is 1. The van der Waals surface area contributed by atoms with Crippen LogP contribution in [-0.4, -0.2) is 31.5 Å². The maximum Gasteiger partial charge on any atom is 0.156 e. The number of hydrogen-bond acceptors (Lipinski definition) is 3. The molecule has 4 heteroatoms. The molecule has 0 heterocycles. The molecule has 0 spiro atoms. The molecule has 1 N–H and O–H groups in total. The second-order valence-electron chi connectivity index (χ2n) is 6.82. The van der Waals surface area contributed by atoms with Crippen LogP contribution in [0.3, 0.4) is 0 Å². The van der Waals surface area contributed by atoms with E-state index in [0.29, 0.717) is 18.0 Å². The molecule has 1 unspecified atom stereocenters. The Bertz CT molecular complexity index is 352. The molecule has 1 saturated carbocycles. The SMILES string of the molecule is CC1(C)CCCC1NCCS(=O)(=O)C(C)(C)C. The Labute approximate surface area is 106 Å². The van der Waals surface area contributed by atoms with E-state index in [1.54, 1.807) is 20.8 Å². The molecule has 0 saturated heterocycles. The van der Waals surface area contributed by atoms with Crippen LogP contribution in [0.2, 0.25) is 0 Å². The van der Waals surface area contributed by atoms with Gasteiger partial charge in [-0.2, -0.15) is 0 Å². The first-order valence-electron chi connectivity index (χ1n) is 6.52. The summed E-state index contributed by atoms with van der Waals surface area (Å²) in [5, 5.41) is 3.42. The van der Waals surface area contributed by atoms with Crippen molar-refractivity contribution in [3.05, 3.63) is 0 Å². The second kappa shape index (κ2) is 4.88. The van der Waals surface area contributed by atoms with Crippen molar-refractivity contribution in [2.24, 2.45) is 5.41 Å². The molecule has 0 aromatic rings. The van der Waals surface area contributed by atoms with E-state index in [-0.39, 0.29) is 5.75 Å². The Hall–Kier alpha value is -0.0900. The van der Waals surface area contributed by atoms with E-state index >= 15 is 0 Å². The highest BCUT2D eigenvalue weighted by Gasteiger charge is 2.34. The quantitative estimate of drug-likeness (QED) is 0.845. The zero-order valence-corrected chi connectivity index (χ0v) is 12.7. The summed E-state index contributed by atoms with van der Waals surface area (Å²) in [4.78, 5) is 0. The summed E-state index contributed by atoms with van der Waals surface area (Å²) in [7, 11) is -2.99. The number of nitrogens with one attached hydrogen (secondary N) is 1. The summed E-state index contributed by atoms with van der Waals surface area (Å²) >= 11 is 0. The fraction of sp³-hybridized carbons (Fsp3) is 1.00. The van der Waals surface area contributed by atoms with Gasteiger partial charge in [0, 0.05) is 12.6 Å². The van der Waals surface area contributed by atoms with E-state index in [0.717, 1.165) is 0 Å². The zero-order chi connectivity index (χ0) is 13.3. The summed E-state index contributed by atoms with van der Waals surface area (Å²) < 4.78 is 23.3. The third kappa shape index (κ3) is 3.68. The number of rotatable bonds is 4. The van der Waals surface area contributed by atoms with Gasteiger partial charge in [0.2, 0.25) is 0 Å². The van der Waals surface area contributed by atoms with E-state index in [1.165, 1.54) is 19.3 Å². The molecule has 3 nitrogen and oxygen atoms in total. The Morgan fingerprint density at radius 1 is 1.29 bits per heavy atom. The molecule has 1 atom stereocenters. The van der Waals surface area contributed by atoms with E-state index < -0.39 is 14.6 Å². The van der Waals surface area contributed by atoms with E-state index in [9.17, 15) is 8.42 Å². The van der Waals surface area contributed by atoms with E-state index in [4.69, 9.17) is 0 Å². The van der Waals surface area contributed by atoms with Crippen LogP contribution in [0.15, 0.2) is 0 Å². The van der Waals surface area contributed by atoms with Crippen molar-refractivity contribution in [2.45, 2.75) is 64.7 Å². The third-order valence-electron chi connectivity index (χ3n) is 3.95. The van der Waals surface area contributed by atoms with Gasteiger partial charge >= 0.3 is 0 Å². The molecule has 1 fully saturated rings. The largest absolute Gasteiger partial charge is 0.312 e. The maximum atomic E-state index is 11.9. The predicted molar refractivity (Wildman–Crippen MR) is 73.0 cm³/mol. The summed E-state index contributed by atoms with van der Waals surface area (Å²) in [6.45, 7) is 10.4. The van der Waals surface area contributed by atoms with Crippen LogP contribution in [0, 0.1) is 5.41 Å². The Balaban J connectivity index is 2.44. The fourth-order valence-electron chi connectivity index (χ4n) is 2.38.